The van der Waals surface area contributed by atoms with Gasteiger partial charge >= 0.3 is 0 Å². The lowest BCUT2D eigenvalue weighted by Crippen LogP contribution is -2.24. The van der Waals surface area contributed by atoms with Crippen molar-refractivity contribution in [1.82, 2.24) is 15.3 Å². The predicted octanol–water partition coefficient (Wildman–Crippen LogP) is 1.67. The summed E-state index contributed by atoms with van der Waals surface area (Å²) in [5.41, 5.74) is 0.895. The summed E-state index contributed by atoms with van der Waals surface area (Å²) in [5, 5.41) is 5.93. The van der Waals surface area contributed by atoms with Gasteiger partial charge in [-0.3, -0.25) is 9.78 Å². The van der Waals surface area contributed by atoms with Crippen molar-refractivity contribution in [3.05, 3.63) is 18.1 Å². The van der Waals surface area contributed by atoms with Crippen LogP contribution in [0.5, 0.6) is 0 Å². The predicted molar refractivity (Wildman–Crippen MR) is 75.7 cm³/mol. The van der Waals surface area contributed by atoms with Gasteiger partial charge in [-0.05, 0) is 13.3 Å². The molecule has 0 aliphatic carbocycles. The van der Waals surface area contributed by atoms with Crippen molar-refractivity contribution in [1.29, 1.82) is 0 Å². The molecule has 18 heavy (non-hydrogen) atoms. The molecule has 1 heterocycles. The van der Waals surface area contributed by atoms with Crippen molar-refractivity contribution < 1.29 is 4.79 Å². The molecule has 6 heteroatoms. The molecule has 0 fully saturated rings. The van der Waals surface area contributed by atoms with Crippen molar-refractivity contribution in [3.8, 4) is 0 Å². The Labute approximate surface area is 112 Å². The molecule has 0 aliphatic rings. The first-order chi connectivity index (χ1) is 8.76. The highest BCUT2D eigenvalue weighted by Gasteiger charge is 2.01. The molecule has 100 valence electrons. The fourth-order valence-electron chi connectivity index (χ4n) is 1.27. The average molecular weight is 268 g/mol. The second kappa shape index (κ2) is 8.74. The molecular formula is C12H20N4OS. The first kappa shape index (κ1) is 14.8. The normalized spacial score (nSPS) is 10.1. The second-order valence-corrected chi connectivity index (χ2v) is 4.75. The lowest BCUT2D eigenvalue weighted by Gasteiger charge is -2.04. The maximum absolute atomic E-state index is 11.2. The topological polar surface area (TPSA) is 66.9 Å². The van der Waals surface area contributed by atoms with Gasteiger partial charge < -0.3 is 10.6 Å². The molecule has 1 aromatic rings. The smallest absolute Gasteiger partial charge is 0.229 e. The Morgan fingerprint density at radius 2 is 2.17 bits per heavy atom. The molecule has 0 saturated heterocycles. The summed E-state index contributed by atoms with van der Waals surface area (Å²) in [6.45, 7) is 5.60. The van der Waals surface area contributed by atoms with Crippen molar-refractivity contribution in [2.24, 2.45) is 0 Å². The number of hydrogen-bond acceptors (Lipinski definition) is 5. The van der Waals surface area contributed by atoms with Gasteiger partial charge in [-0.1, -0.05) is 6.92 Å². The summed E-state index contributed by atoms with van der Waals surface area (Å²) in [6, 6.07) is 0. The van der Waals surface area contributed by atoms with E-state index in [4.69, 9.17) is 0 Å². The average Bonchev–Trinajstić information content (AvgIpc) is 2.38. The van der Waals surface area contributed by atoms with Crippen LogP contribution in [0.25, 0.3) is 0 Å². The van der Waals surface area contributed by atoms with Gasteiger partial charge in [0.1, 0.15) is 5.82 Å². The zero-order valence-corrected chi connectivity index (χ0v) is 11.7. The van der Waals surface area contributed by atoms with Crippen LogP contribution in [0.15, 0.2) is 12.4 Å². The number of nitrogens with one attached hydrogen (secondary N) is 2. The van der Waals surface area contributed by atoms with E-state index < -0.39 is 0 Å². The molecule has 0 atom stereocenters. The largest absolute Gasteiger partial charge is 0.369 e. The summed E-state index contributed by atoms with van der Waals surface area (Å²) in [4.78, 5) is 19.8. The van der Waals surface area contributed by atoms with Crippen molar-refractivity contribution in [2.45, 2.75) is 26.0 Å². The molecule has 0 spiro atoms. The van der Waals surface area contributed by atoms with Crippen LogP contribution in [-0.4, -0.2) is 34.7 Å². The minimum absolute atomic E-state index is 0.0664. The SMILES string of the molecule is CCCNc1cnc(CSCC(=O)NCC)cn1. The number of hydrogen-bond donors (Lipinski definition) is 2. The number of carbonyl (C=O) groups is 1. The Morgan fingerprint density at radius 3 is 2.78 bits per heavy atom. The first-order valence-electron chi connectivity index (χ1n) is 6.15. The van der Waals surface area contributed by atoms with Crippen LogP contribution >= 0.6 is 11.8 Å². The Kier molecular flexibility index (Phi) is 7.17. The van der Waals surface area contributed by atoms with Gasteiger partial charge in [0.05, 0.1) is 23.8 Å². The molecule has 5 nitrogen and oxygen atoms in total. The number of amides is 1. The monoisotopic (exact) mass is 268 g/mol. The van der Waals surface area contributed by atoms with Gasteiger partial charge in [0, 0.05) is 18.8 Å². The minimum atomic E-state index is 0.0664. The van der Waals surface area contributed by atoms with Crippen molar-refractivity contribution in [2.75, 3.05) is 24.2 Å². The van der Waals surface area contributed by atoms with E-state index in [1.165, 1.54) is 0 Å². The zero-order chi connectivity index (χ0) is 13.2. The molecule has 1 amide bonds. The first-order valence-corrected chi connectivity index (χ1v) is 7.31. The van der Waals surface area contributed by atoms with E-state index >= 15 is 0 Å². The fourth-order valence-corrected chi connectivity index (χ4v) is 2.02. The number of carbonyl (C=O) groups excluding carboxylic acids is 1. The summed E-state index contributed by atoms with van der Waals surface area (Å²) in [7, 11) is 0. The lowest BCUT2D eigenvalue weighted by molar-refractivity contribution is -0.118. The number of rotatable bonds is 8. The van der Waals surface area contributed by atoms with Gasteiger partial charge in [-0.15, -0.1) is 11.8 Å². The maximum atomic E-state index is 11.2. The molecule has 2 N–H and O–H groups in total. The Morgan fingerprint density at radius 1 is 1.33 bits per heavy atom. The Balaban J connectivity index is 2.28. The second-order valence-electron chi connectivity index (χ2n) is 3.77. The van der Waals surface area contributed by atoms with Crippen molar-refractivity contribution >= 4 is 23.5 Å². The number of nitrogens with zero attached hydrogens (tertiary/aromatic N) is 2. The van der Waals surface area contributed by atoms with E-state index in [0.717, 1.165) is 24.5 Å². The van der Waals surface area contributed by atoms with Crippen LogP contribution in [0.1, 0.15) is 26.0 Å². The van der Waals surface area contributed by atoms with Gasteiger partial charge in [-0.25, -0.2) is 4.98 Å². The zero-order valence-electron chi connectivity index (χ0n) is 10.9. The van der Waals surface area contributed by atoms with Crippen LogP contribution in [0, 0.1) is 0 Å². The van der Waals surface area contributed by atoms with E-state index in [2.05, 4.69) is 27.5 Å². The highest BCUT2D eigenvalue weighted by Crippen LogP contribution is 2.10. The summed E-state index contributed by atoms with van der Waals surface area (Å²) in [5.74, 6) is 2.04. The van der Waals surface area contributed by atoms with Gasteiger partial charge in [0.15, 0.2) is 0 Å². The standard InChI is InChI=1S/C12H20N4OS/c1-3-5-14-11-7-15-10(6-16-11)8-18-9-12(17)13-4-2/h6-7H,3-5,8-9H2,1-2H3,(H,13,17)(H,14,16). The molecule has 0 saturated carbocycles. The quantitative estimate of drug-likeness (QED) is 0.750. The van der Waals surface area contributed by atoms with Crippen LogP contribution in [0.2, 0.25) is 0 Å². The van der Waals surface area contributed by atoms with Gasteiger partial charge in [-0.2, -0.15) is 0 Å². The van der Waals surface area contributed by atoms with E-state index in [1.54, 1.807) is 24.2 Å². The molecule has 0 aromatic carbocycles. The van der Waals surface area contributed by atoms with E-state index in [0.29, 0.717) is 18.1 Å². The minimum Gasteiger partial charge on any atom is -0.369 e. The van der Waals surface area contributed by atoms with Gasteiger partial charge in [0.2, 0.25) is 5.91 Å². The number of thioether (sulfide) groups is 1. The third-order valence-corrected chi connectivity index (χ3v) is 3.08. The summed E-state index contributed by atoms with van der Waals surface area (Å²) >= 11 is 1.54. The van der Waals surface area contributed by atoms with E-state index in [1.807, 2.05) is 6.92 Å². The lowest BCUT2D eigenvalue weighted by atomic mass is 10.4. The van der Waals surface area contributed by atoms with Gasteiger partial charge in [0.25, 0.3) is 0 Å². The van der Waals surface area contributed by atoms with Crippen LogP contribution in [-0.2, 0) is 10.5 Å². The van der Waals surface area contributed by atoms with Crippen LogP contribution in [0.3, 0.4) is 0 Å². The molecular weight excluding hydrogens is 248 g/mol. The maximum Gasteiger partial charge on any atom is 0.229 e. The molecule has 0 radical (unpaired) electrons. The molecule has 0 bridgehead atoms. The molecule has 1 rings (SSSR count). The highest BCUT2D eigenvalue weighted by atomic mass is 32.2. The van der Waals surface area contributed by atoms with Crippen LogP contribution in [0.4, 0.5) is 5.82 Å². The number of anilines is 1. The number of aromatic nitrogens is 2. The Hall–Kier alpha value is -1.30. The molecule has 1 aromatic heterocycles. The summed E-state index contributed by atoms with van der Waals surface area (Å²) < 4.78 is 0. The molecule has 0 unspecified atom stereocenters. The van der Waals surface area contributed by atoms with Crippen molar-refractivity contribution in [3.63, 3.8) is 0 Å². The molecule has 0 aliphatic heterocycles. The fraction of sp³-hybridized carbons (Fsp3) is 0.583. The highest BCUT2D eigenvalue weighted by molar-refractivity contribution is 7.99. The third kappa shape index (κ3) is 5.86. The van der Waals surface area contributed by atoms with E-state index in [9.17, 15) is 4.79 Å². The van der Waals surface area contributed by atoms with E-state index in [-0.39, 0.29) is 5.91 Å². The Bertz CT molecular complexity index is 356. The van der Waals surface area contributed by atoms with Crippen LogP contribution < -0.4 is 10.6 Å². The summed E-state index contributed by atoms with van der Waals surface area (Å²) in [6.07, 6.45) is 4.55. The third-order valence-electron chi connectivity index (χ3n) is 2.12.